The summed E-state index contributed by atoms with van der Waals surface area (Å²) in [6, 6.07) is 0. The summed E-state index contributed by atoms with van der Waals surface area (Å²) in [7, 11) is 0. The molecule has 3 nitrogen and oxygen atoms in total. The molecule has 0 radical (unpaired) electrons. The van der Waals surface area contributed by atoms with E-state index in [9.17, 15) is 4.79 Å². The van der Waals surface area contributed by atoms with Gasteiger partial charge >= 0.3 is 0 Å². The van der Waals surface area contributed by atoms with Gasteiger partial charge in [-0.05, 0) is 43.9 Å². The molecule has 1 atom stereocenters. The van der Waals surface area contributed by atoms with Crippen LogP contribution in [0.5, 0.6) is 0 Å². The number of hydrogen-bond acceptors (Lipinski definition) is 3. The van der Waals surface area contributed by atoms with E-state index >= 15 is 0 Å². The molecule has 0 aromatic heterocycles. The van der Waals surface area contributed by atoms with Crippen LogP contribution in [-0.4, -0.2) is 30.0 Å². The van der Waals surface area contributed by atoms with Crippen molar-refractivity contribution in [3.63, 3.8) is 0 Å². The molecule has 0 saturated heterocycles. The molecular weight excluding hydrogens is 256 g/mol. The van der Waals surface area contributed by atoms with Crippen LogP contribution in [-0.2, 0) is 4.79 Å². The van der Waals surface area contributed by atoms with E-state index < -0.39 is 0 Å². The highest BCUT2D eigenvalue weighted by Crippen LogP contribution is 2.29. The Bertz CT molecular complexity index is 244. The minimum atomic E-state index is 0.149. The first-order chi connectivity index (χ1) is 8.92. The monoisotopic (exact) mass is 288 g/mol. The Balaban J connectivity index is 4.23. The minimum Gasteiger partial charge on any atom is -0.355 e. The van der Waals surface area contributed by atoms with Crippen molar-refractivity contribution in [3.05, 3.63) is 0 Å². The van der Waals surface area contributed by atoms with Crippen LogP contribution in [0.4, 0.5) is 0 Å². The van der Waals surface area contributed by atoms with Crippen LogP contribution in [0.3, 0.4) is 0 Å². The fourth-order valence-corrected chi connectivity index (χ4v) is 3.18. The van der Waals surface area contributed by atoms with Crippen LogP contribution in [0.2, 0.25) is 0 Å². The second kappa shape index (κ2) is 9.65. The van der Waals surface area contributed by atoms with E-state index in [0.29, 0.717) is 24.8 Å². The molecule has 0 heterocycles. The molecule has 0 aliphatic carbocycles. The summed E-state index contributed by atoms with van der Waals surface area (Å²) in [5.41, 5.74) is 5.75. The Morgan fingerprint density at radius 2 is 1.89 bits per heavy atom. The Labute approximate surface area is 123 Å². The van der Waals surface area contributed by atoms with Crippen molar-refractivity contribution in [2.75, 3.05) is 19.3 Å². The van der Waals surface area contributed by atoms with Crippen LogP contribution in [0.1, 0.15) is 53.4 Å². The van der Waals surface area contributed by atoms with E-state index in [0.717, 1.165) is 25.8 Å². The number of nitrogens with two attached hydrogens (primary N) is 1. The van der Waals surface area contributed by atoms with Gasteiger partial charge in [-0.2, -0.15) is 11.8 Å². The molecule has 0 aromatic carbocycles. The van der Waals surface area contributed by atoms with Crippen molar-refractivity contribution in [2.45, 2.75) is 58.1 Å². The molecule has 0 bridgehead atoms. The summed E-state index contributed by atoms with van der Waals surface area (Å²) >= 11 is 1.86. The molecule has 3 N–H and O–H groups in total. The Morgan fingerprint density at radius 3 is 2.26 bits per heavy atom. The molecule has 0 aliphatic heterocycles. The maximum Gasteiger partial charge on any atom is 0.220 e. The van der Waals surface area contributed by atoms with E-state index in [4.69, 9.17) is 5.73 Å². The second-order valence-corrected chi connectivity index (χ2v) is 7.08. The average Bonchev–Trinajstić information content (AvgIpc) is 2.39. The quantitative estimate of drug-likeness (QED) is 0.649. The SMILES string of the molecule is CCC(CC)(CNC(=O)CC(CN)CC(C)C)SC. The van der Waals surface area contributed by atoms with Gasteiger partial charge in [0.1, 0.15) is 0 Å². The lowest BCUT2D eigenvalue weighted by Crippen LogP contribution is -2.40. The zero-order valence-corrected chi connectivity index (χ0v) is 14.1. The van der Waals surface area contributed by atoms with Gasteiger partial charge in [-0.1, -0.05) is 27.7 Å². The van der Waals surface area contributed by atoms with Gasteiger partial charge in [-0.3, -0.25) is 4.79 Å². The predicted octanol–water partition coefficient (Wildman–Crippen LogP) is 3.04. The molecule has 1 amide bonds. The normalized spacial score (nSPS) is 13.6. The van der Waals surface area contributed by atoms with E-state index in [1.54, 1.807) is 0 Å². The summed E-state index contributed by atoms with van der Waals surface area (Å²) in [6.45, 7) is 10.1. The molecule has 114 valence electrons. The Hall–Kier alpha value is -0.220. The number of thioether (sulfide) groups is 1. The highest BCUT2D eigenvalue weighted by Gasteiger charge is 2.25. The molecule has 0 spiro atoms. The maximum absolute atomic E-state index is 12.0. The summed E-state index contributed by atoms with van der Waals surface area (Å²) in [6.07, 6.45) is 5.88. The fourth-order valence-electron chi connectivity index (χ4n) is 2.38. The van der Waals surface area contributed by atoms with Crippen molar-refractivity contribution < 1.29 is 4.79 Å². The van der Waals surface area contributed by atoms with Crippen molar-refractivity contribution in [1.29, 1.82) is 0 Å². The van der Waals surface area contributed by atoms with E-state index in [2.05, 4.69) is 39.3 Å². The number of carbonyl (C=O) groups is 1. The van der Waals surface area contributed by atoms with E-state index in [1.165, 1.54) is 0 Å². The summed E-state index contributed by atoms with van der Waals surface area (Å²) in [5, 5.41) is 3.10. The van der Waals surface area contributed by atoms with Crippen LogP contribution in [0.15, 0.2) is 0 Å². The smallest absolute Gasteiger partial charge is 0.220 e. The number of amides is 1. The van der Waals surface area contributed by atoms with E-state index in [-0.39, 0.29) is 10.7 Å². The van der Waals surface area contributed by atoms with Crippen LogP contribution >= 0.6 is 11.8 Å². The van der Waals surface area contributed by atoms with Gasteiger partial charge in [0, 0.05) is 17.7 Å². The molecule has 0 rings (SSSR count). The number of rotatable bonds is 10. The van der Waals surface area contributed by atoms with Crippen molar-refractivity contribution >= 4 is 17.7 Å². The first-order valence-electron chi connectivity index (χ1n) is 7.44. The minimum absolute atomic E-state index is 0.149. The van der Waals surface area contributed by atoms with Gasteiger partial charge < -0.3 is 11.1 Å². The predicted molar refractivity (Wildman–Crippen MR) is 86.5 cm³/mol. The van der Waals surface area contributed by atoms with Gasteiger partial charge in [0.2, 0.25) is 5.91 Å². The number of hydrogen-bond donors (Lipinski definition) is 2. The van der Waals surface area contributed by atoms with Crippen molar-refractivity contribution in [2.24, 2.45) is 17.6 Å². The third kappa shape index (κ3) is 7.21. The molecular formula is C15H32N2OS. The average molecular weight is 289 g/mol. The lowest BCUT2D eigenvalue weighted by molar-refractivity contribution is -0.122. The van der Waals surface area contributed by atoms with Crippen LogP contribution in [0, 0.1) is 11.8 Å². The third-order valence-electron chi connectivity index (χ3n) is 3.94. The van der Waals surface area contributed by atoms with Crippen molar-refractivity contribution in [3.8, 4) is 0 Å². The summed E-state index contributed by atoms with van der Waals surface area (Å²) < 4.78 is 0.186. The fraction of sp³-hybridized carbons (Fsp3) is 0.933. The summed E-state index contributed by atoms with van der Waals surface area (Å²) in [4.78, 5) is 12.0. The molecule has 1 unspecified atom stereocenters. The number of carbonyl (C=O) groups excluding carboxylic acids is 1. The van der Waals surface area contributed by atoms with Gasteiger partial charge in [0.25, 0.3) is 0 Å². The Kier molecular flexibility index (Phi) is 9.54. The first-order valence-corrected chi connectivity index (χ1v) is 8.67. The van der Waals surface area contributed by atoms with Gasteiger partial charge in [0.15, 0.2) is 0 Å². The lowest BCUT2D eigenvalue weighted by Gasteiger charge is -2.30. The van der Waals surface area contributed by atoms with Gasteiger partial charge in [0.05, 0.1) is 0 Å². The molecule has 4 heteroatoms. The van der Waals surface area contributed by atoms with Gasteiger partial charge in [-0.25, -0.2) is 0 Å². The zero-order valence-electron chi connectivity index (χ0n) is 13.3. The third-order valence-corrected chi connectivity index (χ3v) is 5.53. The van der Waals surface area contributed by atoms with E-state index in [1.807, 2.05) is 11.8 Å². The van der Waals surface area contributed by atoms with Crippen LogP contribution < -0.4 is 11.1 Å². The lowest BCUT2D eigenvalue weighted by atomic mass is 9.94. The zero-order chi connectivity index (χ0) is 14.9. The highest BCUT2D eigenvalue weighted by atomic mass is 32.2. The molecule has 19 heavy (non-hydrogen) atoms. The second-order valence-electron chi connectivity index (χ2n) is 5.81. The standard InChI is InChI=1S/C15H32N2OS/c1-6-15(7-2,19-5)11-17-14(18)9-13(10-16)8-12(3)4/h12-13H,6-11,16H2,1-5H3,(H,17,18). The topological polar surface area (TPSA) is 55.1 Å². The highest BCUT2D eigenvalue weighted by molar-refractivity contribution is 8.00. The summed E-state index contributed by atoms with van der Waals surface area (Å²) in [5.74, 6) is 1.06. The van der Waals surface area contributed by atoms with Gasteiger partial charge in [-0.15, -0.1) is 0 Å². The molecule has 0 aromatic rings. The van der Waals surface area contributed by atoms with Crippen LogP contribution in [0.25, 0.3) is 0 Å². The molecule has 0 aliphatic rings. The number of nitrogens with one attached hydrogen (secondary N) is 1. The largest absolute Gasteiger partial charge is 0.355 e. The maximum atomic E-state index is 12.0. The van der Waals surface area contributed by atoms with Crippen molar-refractivity contribution in [1.82, 2.24) is 5.32 Å². The molecule has 0 saturated carbocycles. The Morgan fingerprint density at radius 1 is 1.32 bits per heavy atom. The molecule has 0 fully saturated rings. The first kappa shape index (κ1) is 18.8.